The number of anilines is 2. The lowest BCUT2D eigenvalue weighted by Gasteiger charge is -2.18. The van der Waals surface area contributed by atoms with Gasteiger partial charge in [0.25, 0.3) is 0 Å². The Morgan fingerprint density at radius 1 is 1.00 bits per heavy atom. The Morgan fingerprint density at radius 2 is 1.54 bits per heavy atom. The van der Waals surface area contributed by atoms with E-state index in [0.717, 1.165) is 0 Å². The van der Waals surface area contributed by atoms with Crippen LogP contribution < -0.4 is 30.7 Å². The van der Waals surface area contributed by atoms with Gasteiger partial charge in [0.1, 0.15) is 11.4 Å². The van der Waals surface area contributed by atoms with E-state index in [-0.39, 0.29) is 24.9 Å². The standard InChI is InChI=1S/C17H22N6O5/c1-27-14-12(5-3-7-18-14)22-16(25)20-9-11(10-24)21-17(26)23-13-6-4-8-19-15(13)28-2/h3-8,11,24H,9-10H2,1-2H3,(H2,20,22,25)(H2,21,23,26)/t11-/m1/s1. The zero-order valence-corrected chi connectivity index (χ0v) is 15.4. The number of carbonyl (C=O) groups excluding carboxylic acids is 2. The zero-order valence-electron chi connectivity index (χ0n) is 15.4. The van der Waals surface area contributed by atoms with Crippen LogP contribution in [0.4, 0.5) is 21.0 Å². The molecule has 0 saturated heterocycles. The Balaban J connectivity index is 1.84. The van der Waals surface area contributed by atoms with E-state index in [1.165, 1.54) is 26.6 Å². The fourth-order valence-corrected chi connectivity index (χ4v) is 2.18. The number of urea groups is 2. The summed E-state index contributed by atoms with van der Waals surface area (Å²) in [6, 6.07) is 4.69. The number of nitrogens with one attached hydrogen (secondary N) is 4. The van der Waals surface area contributed by atoms with Crippen molar-refractivity contribution in [3.05, 3.63) is 36.7 Å². The van der Waals surface area contributed by atoms with Crippen LogP contribution in [-0.2, 0) is 0 Å². The van der Waals surface area contributed by atoms with Crippen LogP contribution in [0.15, 0.2) is 36.7 Å². The molecule has 11 heteroatoms. The lowest BCUT2D eigenvalue weighted by atomic mass is 10.3. The highest BCUT2D eigenvalue weighted by Crippen LogP contribution is 2.20. The molecule has 2 rings (SSSR count). The molecule has 0 aliphatic carbocycles. The topological polar surface area (TPSA) is 147 Å². The molecule has 0 aliphatic rings. The number of hydrogen-bond donors (Lipinski definition) is 5. The zero-order chi connectivity index (χ0) is 20.4. The Labute approximate surface area is 161 Å². The first-order chi connectivity index (χ1) is 13.6. The van der Waals surface area contributed by atoms with Crippen LogP contribution in [0, 0.1) is 0 Å². The second kappa shape index (κ2) is 10.5. The lowest BCUT2D eigenvalue weighted by Crippen LogP contribution is -2.48. The number of hydrogen-bond acceptors (Lipinski definition) is 7. The first kappa shape index (κ1) is 20.7. The van der Waals surface area contributed by atoms with Crippen LogP contribution in [0.5, 0.6) is 11.8 Å². The molecule has 11 nitrogen and oxygen atoms in total. The Kier molecular flexibility index (Phi) is 7.78. The fraction of sp³-hybridized carbons (Fsp3) is 0.294. The molecule has 0 unspecified atom stereocenters. The summed E-state index contributed by atoms with van der Waals surface area (Å²) in [7, 11) is 2.87. The van der Waals surface area contributed by atoms with Crippen molar-refractivity contribution >= 4 is 23.4 Å². The number of amides is 4. The van der Waals surface area contributed by atoms with E-state index in [9.17, 15) is 14.7 Å². The average Bonchev–Trinajstić information content (AvgIpc) is 2.71. The molecule has 0 radical (unpaired) electrons. The highest BCUT2D eigenvalue weighted by molar-refractivity contribution is 5.91. The third kappa shape index (κ3) is 5.99. The third-order valence-corrected chi connectivity index (χ3v) is 3.49. The number of aromatic nitrogens is 2. The van der Waals surface area contributed by atoms with Gasteiger partial charge in [0.2, 0.25) is 11.8 Å². The van der Waals surface area contributed by atoms with Crippen molar-refractivity contribution in [2.75, 3.05) is 38.0 Å². The van der Waals surface area contributed by atoms with Crippen molar-refractivity contribution in [1.29, 1.82) is 0 Å². The van der Waals surface area contributed by atoms with Crippen molar-refractivity contribution in [2.24, 2.45) is 0 Å². The predicted octanol–water partition coefficient (Wildman–Crippen LogP) is 0.798. The van der Waals surface area contributed by atoms with Gasteiger partial charge in [-0.15, -0.1) is 0 Å². The van der Waals surface area contributed by atoms with Crippen molar-refractivity contribution < 1.29 is 24.2 Å². The van der Waals surface area contributed by atoms with Crippen LogP contribution >= 0.6 is 0 Å². The van der Waals surface area contributed by atoms with E-state index in [4.69, 9.17) is 9.47 Å². The maximum Gasteiger partial charge on any atom is 0.319 e. The van der Waals surface area contributed by atoms with Crippen molar-refractivity contribution in [3.8, 4) is 11.8 Å². The third-order valence-electron chi connectivity index (χ3n) is 3.49. The summed E-state index contributed by atoms with van der Waals surface area (Å²) in [5, 5.41) is 19.7. The van der Waals surface area contributed by atoms with Gasteiger partial charge in [0, 0.05) is 18.9 Å². The monoisotopic (exact) mass is 390 g/mol. The van der Waals surface area contributed by atoms with Crippen molar-refractivity contribution in [3.63, 3.8) is 0 Å². The van der Waals surface area contributed by atoms with Crippen LogP contribution in [0.25, 0.3) is 0 Å². The SMILES string of the molecule is COc1ncccc1NC(=O)NC[C@H](CO)NC(=O)Nc1cccnc1OC. The van der Waals surface area contributed by atoms with E-state index in [1.807, 2.05) is 0 Å². The van der Waals surface area contributed by atoms with Gasteiger partial charge in [-0.1, -0.05) is 0 Å². The Bertz CT molecular complexity index is 803. The van der Waals surface area contributed by atoms with Crippen LogP contribution in [-0.4, -0.2) is 60.5 Å². The van der Waals surface area contributed by atoms with E-state index >= 15 is 0 Å². The largest absolute Gasteiger partial charge is 0.480 e. The van der Waals surface area contributed by atoms with Gasteiger partial charge < -0.3 is 35.8 Å². The number of carbonyl (C=O) groups is 2. The molecule has 0 fully saturated rings. The molecular formula is C17H22N6O5. The van der Waals surface area contributed by atoms with E-state index in [0.29, 0.717) is 11.4 Å². The molecule has 1 atom stereocenters. The summed E-state index contributed by atoms with van der Waals surface area (Å²) in [6.45, 7) is -0.392. The maximum absolute atomic E-state index is 12.1. The summed E-state index contributed by atoms with van der Waals surface area (Å²) >= 11 is 0. The molecule has 0 spiro atoms. The molecule has 2 aromatic heterocycles. The molecule has 28 heavy (non-hydrogen) atoms. The fourth-order valence-electron chi connectivity index (χ4n) is 2.18. The number of rotatable bonds is 8. The molecule has 5 N–H and O–H groups in total. The molecule has 0 bridgehead atoms. The van der Waals surface area contributed by atoms with E-state index in [2.05, 4.69) is 31.2 Å². The summed E-state index contributed by atoms with van der Waals surface area (Å²) in [6.07, 6.45) is 3.06. The number of methoxy groups -OCH3 is 2. The molecule has 2 aromatic rings. The molecule has 0 saturated carbocycles. The highest BCUT2D eigenvalue weighted by atomic mass is 16.5. The number of nitrogens with zero attached hydrogens (tertiary/aromatic N) is 2. The number of pyridine rings is 2. The van der Waals surface area contributed by atoms with Crippen LogP contribution in [0.3, 0.4) is 0 Å². The van der Waals surface area contributed by atoms with Gasteiger partial charge in [-0.2, -0.15) is 0 Å². The normalized spacial score (nSPS) is 11.1. The quantitative estimate of drug-likeness (QED) is 0.448. The molecule has 4 amide bonds. The minimum absolute atomic E-state index is 0.0114. The minimum Gasteiger partial charge on any atom is -0.480 e. The first-order valence-corrected chi connectivity index (χ1v) is 8.28. The second-order valence-electron chi connectivity index (χ2n) is 5.43. The Morgan fingerprint density at radius 3 is 2.04 bits per heavy atom. The van der Waals surface area contributed by atoms with Gasteiger partial charge in [-0.25, -0.2) is 19.6 Å². The molecular weight excluding hydrogens is 368 g/mol. The number of aliphatic hydroxyl groups excluding tert-OH is 1. The molecule has 2 heterocycles. The average molecular weight is 390 g/mol. The van der Waals surface area contributed by atoms with Crippen LogP contribution in [0.2, 0.25) is 0 Å². The van der Waals surface area contributed by atoms with Gasteiger partial charge >= 0.3 is 12.1 Å². The van der Waals surface area contributed by atoms with Crippen LogP contribution in [0.1, 0.15) is 0 Å². The van der Waals surface area contributed by atoms with Crippen molar-refractivity contribution in [1.82, 2.24) is 20.6 Å². The molecule has 0 aliphatic heterocycles. The summed E-state index contributed by atoms with van der Waals surface area (Å²) < 4.78 is 10.1. The van der Waals surface area contributed by atoms with Gasteiger partial charge in [-0.05, 0) is 24.3 Å². The van der Waals surface area contributed by atoms with E-state index < -0.39 is 18.1 Å². The number of ether oxygens (including phenoxy) is 2. The van der Waals surface area contributed by atoms with Gasteiger partial charge in [0.15, 0.2) is 0 Å². The summed E-state index contributed by atoms with van der Waals surface area (Å²) in [5.41, 5.74) is 0.756. The van der Waals surface area contributed by atoms with Gasteiger partial charge in [-0.3, -0.25) is 0 Å². The predicted molar refractivity (Wildman–Crippen MR) is 102 cm³/mol. The van der Waals surface area contributed by atoms with E-state index in [1.54, 1.807) is 24.3 Å². The summed E-state index contributed by atoms with van der Waals surface area (Å²) in [5.74, 6) is 0.514. The smallest absolute Gasteiger partial charge is 0.319 e. The lowest BCUT2D eigenvalue weighted by molar-refractivity contribution is 0.220. The number of aliphatic hydroxyl groups is 1. The van der Waals surface area contributed by atoms with Crippen molar-refractivity contribution in [2.45, 2.75) is 6.04 Å². The highest BCUT2D eigenvalue weighted by Gasteiger charge is 2.15. The first-order valence-electron chi connectivity index (χ1n) is 8.28. The van der Waals surface area contributed by atoms with Gasteiger partial charge in [0.05, 0.1) is 26.9 Å². The Hall–Kier alpha value is -3.60. The summed E-state index contributed by atoms with van der Waals surface area (Å²) in [4.78, 5) is 32.1. The second-order valence-corrected chi connectivity index (χ2v) is 5.43. The minimum atomic E-state index is -0.718. The molecule has 150 valence electrons. The molecule has 0 aromatic carbocycles. The maximum atomic E-state index is 12.1.